The molecule has 12 aromatic rings. The van der Waals surface area contributed by atoms with E-state index in [0.717, 1.165) is 294 Å². The van der Waals surface area contributed by atoms with Crippen molar-refractivity contribution in [3.8, 4) is 0 Å². The molecule has 0 radical (unpaired) electrons. The van der Waals surface area contributed by atoms with E-state index in [2.05, 4.69) is 93.5 Å². The molecular weight excluding hydrogens is 1820 g/mol. The summed E-state index contributed by atoms with van der Waals surface area (Å²) in [6, 6.07) is 50.9. The Balaban J connectivity index is 0.485. The van der Waals surface area contributed by atoms with Gasteiger partial charge < -0.3 is 9.47 Å². The summed E-state index contributed by atoms with van der Waals surface area (Å²) < 4.78 is 12.5. The average Bonchev–Trinajstić information content (AvgIpc) is 0.691. The number of hydrogen-bond donors (Lipinski definition) is 0. The number of fused-ring (bicyclic) bond motifs is 4. The quantitative estimate of drug-likeness (QED) is 0.00866. The minimum absolute atomic E-state index is 0.0429. The summed E-state index contributed by atoms with van der Waals surface area (Å²) in [6.45, 7) is 22.6. The van der Waals surface area contributed by atoms with E-state index in [0.29, 0.717) is 111 Å². The van der Waals surface area contributed by atoms with Gasteiger partial charge in [-0.05, 0) is 221 Å². The normalized spacial score (nSPS) is 14.9. The van der Waals surface area contributed by atoms with Crippen LogP contribution in [0, 0.1) is 11.8 Å². The van der Waals surface area contributed by atoms with Gasteiger partial charge in [0.25, 0.3) is 47.3 Å². The van der Waals surface area contributed by atoms with Crippen molar-refractivity contribution in [3.63, 3.8) is 0 Å². The minimum atomic E-state index is -1.13. The van der Waals surface area contributed by atoms with E-state index in [1.54, 1.807) is 9.80 Å². The highest BCUT2D eigenvalue weighted by atomic mass is 16.7. The van der Waals surface area contributed by atoms with Gasteiger partial charge >= 0.3 is 11.9 Å². The van der Waals surface area contributed by atoms with Crippen molar-refractivity contribution < 1.29 is 62.3 Å². The van der Waals surface area contributed by atoms with Gasteiger partial charge in [0, 0.05) is 96.8 Å². The Hall–Kier alpha value is -11.3. The first-order valence-electron chi connectivity index (χ1n) is 56.8. The Labute approximate surface area is 865 Å². The minimum Gasteiger partial charge on any atom is -0.465 e. The lowest BCUT2D eigenvalue weighted by molar-refractivity contribution is -0.276. The van der Waals surface area contributed by atoms with Crippen LogP contribution in [0.1, 0.15) is 458 Å². The summed E-state index contributed by atoms with van der Waals surface area (Å²) in [6.07, 6.45) is 41.0. The Bertz CT molecular complexity index is 6340. The zero-order valence-electron chi connectivity index (χ0n) is 89.0. The zero-order valence-corrected chi connectivity index (χ0v) is 89.0. The second kappa shape index (κ2) is 50.6. The van der Waals surface area contributed by atoms with Gasteiger partial charge in [-0.3, -0.25) is 67.6 Å². The van der Waals surface area contributed by atoms with Crippen molar-refractivity contribution >= 4 is 145 Å². The van der Waals surface area contributed by atoms with Crippen molar-refractivity contribution in [1.29, 1.82) is 0 Å². The molecule has 0 bridgehead atoms. The first kappa shape index (κ1) is 107. The summed E-state index contributed by atoms with van der Waals surface area (Å²) in [5.74, 6) is -3.55. The predicted octanol–water partition coefficient (Wildman–Crippen LogP) is 32.2. The third kappa shape index (κ3) is 23.5. The highest BCUT2D eigenvalue weighted by Crippen LogP contribution is 2.51. The highest BCUT2D eigenvalue weighted by molar-refractivity contribution is 6.43. The lowest BCUT2D eigenvalue weighted by atomic mass is 9.82. The fourth-order valence-corrected chi connectivity index (χ4v) is 24.5. The molecule has 4 unspecified atom stereocenters. The van der Waals surface area contributed by atoms with Gasteiger partial charge in [-0.2, -0.15) is 5.06 Å². The monoisotopic (exact) mass is 1970 g/mol. The number of esters is 2. The Morgan fingerprint density at radius 1 is 0.288 bits per heavy atom. The van der Waals surface area contributed by atoms with Crippen molar-refractivity contribution in [3.05, 3.63) is 213 Å². The number of benzene rings is 12. The number of ether oxygens (including phenoxy) is 2. The second-order valence-electron chi connectivity index (χ2n) is 44.3. The molecule has 0 fully saturated rings. The maximum Gasteiger partial charge on any atom is 0.337 e. The molecule has 774 valence electrons. The number of carbonyl (C=O) groups excluding carboxylic acids is 10. The molecule has 0 N–H and O–H groups in total. The Morgan fingerprint density at radius 3 is 0.836 bits per heavy atom. The first-order chi connectivity index (χ1) is 71.0. The van der Waals surface area contributed by atoms with Crippen molar-refractivity contribution in [2.75, 3.05) is 26.3 Å². The number of hydroxylamine groups is 2. The summed E-state index contributed by atoms with van der Waals surface area (Å²) in [5.41, 5.74) is 5.79. The highest BCUT2D eigenvalue weighted by Gasteiger charge is 2.45. The lowest BCUT2D eigenvalue weighted by Gasteiger charge is -2.44. The topological polar surface area (TPSA) is 215 Å². The first-order valence-corrected chi connectivity index (χ1v) is 56.8. The van der Waals surface area contributed by atoms with E-state index >= 15 is 0 Å². The Morgan fingerprint density at radius 2 is 0.548 bits per heavy atom. The van der Waals surface area contributed by atoms with Gasteiger partial charge in [0.2, 0.25) is 0 Å². The molecule has 4 aliphatic heterocycles. The smallest absolute Gasteiger partial charge is 0.337 e. The molecule has 0 aliphatic carbocycles. The molecule has 4 heterocycles. The molecule has 4 aliphatic rings. The number of rotatable bonds is 62. The molecule has 16 rings (SSSR count). The molecule has 4 atom stereocenters. The van der Waals surface area contributed by atoms with Gasteiger partial charge in [-0.1, -0.05) is 376 Å². The van der Waals surface area contributed by atoms with Crippen LogP contribution in [0.4, 0.5) is 0 Å². The summed E-state index contributed by atoms with van der Waals surface area (Å²) in [4.78, 5) is 161. The molecule has 12 aromatic carbocycles. The molecule has 0 saturated carbocycles. The van der Waals surface area contributed by atoms with Crippen LogP contribution >= 0.6 is 0 Å². The average molecular weight is 1980 g/mol. The van der Waals surface area contributed by atoms with E-state index < -0.39 is 23.5 Å². The zero-order chi connectivity index (χ0) is 103. The largest absolute Gasteiger partial charge is 0.465 e. The number of carbonyl (C=O) groups is 10. The van der Waals surface area contributed by atoms with Gasteiger partial charge in [-0.15, -0.1) is 0 Å². The molecule has 18 heteroatoms. The Kier molecular flexibility index (Phi) is 37.2. The van der Waals surface area contributed by atoms with Crippen molar-refractivity contribution in [1.82, 2.24) is 24.7 Å². The fourth-order valence-electron chi connectivity index (χ4n) is 24.5. The van der Waals surface area contributed by atoms with Crippen LogP contribution in [-0.2, 0) is 23.9 Å². The van der Waals surface area contributed by atoms with E-state index in [4.69, 9.17) is 14.3 Å². The maximum atomic E-state index is 14.9. The molecule has 8 amide bonds. The molecule has 146 heavy (non-hydrogen) atoms. The number of hydrogen-bond acceptors (Lipinski definition) is 14. The van der Waals surface area contributed by atoms with Crippen molar-refractivity contribution in [2.24, 2.45) is 11.8 Å². The van der Waals surface area contributed by atoms with Gasteiger partial charge in [-0.25, -0.2) is 4.79 Å². The second-order valence-corrected chi connectivity index (χ2v) is 44.3. The van der Waals surface area contributed by atoms with Crippen molar-refractivity contribution in [2.45, 2.75) is 387 Å². The van der Waals surface area contributed by atoms with E-state index in [1.807, 2.05) is 139 Å². The van der Waals surface area contributed by atoms with Gasteiger partial charge in [0.15, 0.2) is 6.10 Å². The molecule has 18 nitrogen and oxygen atoms in total. The van der Waals surface area contributed by atoms with Crippen LogP contribution in [0.3, 0.4) is 0 Å². The lowest BCUT2D eigenvalue weighted by Crippen LogP contribution is -2.49. The number of unbranched alkanes of at least 4 members (excludes halogenated alkanes) is 32. The van der Waals surface area contributed by atoms with Crippen LogP contribution in [0.5, 0.6) is 0 Å². The SMILES string of the molecule is CCCCCCCC(CCCCCCC)N1C(=O)c2ccc3c4ccc5c6c(ccc(c7ccc(c2c37)C1=O)c64)C(=O)N(CCCCCCCCCCCOC(=O)C(CC(ON(C(c1ccccc1)C(C)C)C(C)(C)C)C(=O)OCCCCCCCCCCCN1C(=O)c2ccc3c4ccc6c7c(ccc(c8ccc(c2c38)C1=O)c74)C(=O)N(C(CCCCCCC)CCCCCCC)C6=O)CC(C)c1ccccc1)C5=O. The molecular formula is C128H159N5O13. The van der Waals surface area contributed by atoms with Crippen LogP contribution in [0.25, 0.3) is 86.2 Å². The van der Waals surface area contributed by atoms with E-state index in [-0.39, 0.29) is 103 Å². The standard InChI is InChI=1S/C128H159N5O13/c1-11-15-19-33-47-59-90(60-48-34-20-16-12-2)131-122(138)104-75-67-96-92-63-71-100-113-101(72-64-93(109(92)113)97-68-76-105(123(131)139)115(104)111(96)97)119(135)129(118(100)134)79-51-37-29-25-23-27-31-39-53-81-144-126(142)89(83-86(7)87-55-43-41-44-56-87)84-108(146-133(128(8,9)10)117(85(5)6)88-57-45-42-46-58-88)127(143)145-82-54-40-32-28-24-26-30-38-52-80-130-120(136)102-73-65-94-98-69-77-106-116-107(78-70-99(112(98)116)95-66-74-103(121(130)137)114(102)110(94)95)125(141)132(124(106)140)91(61-49-35-21-17-13-3)62-50-36-22-18-14-4/h41-46,55-58,63-78,85-86,89-91,108,117H,11-40,47-54,59-62,79-84H2,1-10H3. The number of imide groups is 4. The third-order valence-electron chi connectivity index (χ3n) is 32.4. The maximum absolute atomic E-state index is 14.9. The van der Waals surface area contributed by atoms with Crippen LogP contribution in [-0.4, -0.2) is 134 Å². The van der Waals surface area contributed by atoms with Crippen LogP contribution in [0.2, 0.25) is 0 Å². The third-order valence-corrected chi connectivity index (χ3v) is 32.4. The van der Waals surface area contributed by atoms with Gasteiger partial charge in [0.1, 0.15) is 0 Å². The fraction of sp³-hybridized carbons (Fsp3) is 0.516. The number of amides is 8. The van der Waals surface area contributed by atoms with E-state index in [1.165, 1.54) is 35.5 Å². The van der Waals surface area contributed by atoms with Crippen LogP contribution < -0.4 is 0 Å². The van der Waals surface area contributed by atoms with E-state index in [9.17, 15) is 47.9 Å². The molecule has 0 aromatic heterocycles. The summed E-state index contributed by atoms with van der Waals surface area (Å²) in [5, 5.41) is 15.2. The number of nitrogens with zero attached hydrogens (tertiary/aromatic N) is 5. The summed E-state index contributed by atoms with van der Waals surface area (Å²) >= 11 is 0. The molecule has 0 spiro atoms. The molecule has 0 saturated heterocycles. The van der Waals surface area contributed by atoms with Gasteiger partial charge in [0.05, 0.1) is 25.2 Å². The van der Waals surface area contributed by atoms with Crippen LogP contribution in [0.15, 0.2) is 158 Å². The summed E-state index contributed by atoms with van der Waals surface area (Å²) in [7, 11) is 0. The predicted molar refractivity (Wildman–Crippen MR) is 591 cm³/mol.